The first-order valence-electron chi connectivity index (χ1n) is 7.83. The van der Waals surface area contributed by atoms with Gasteiger partial charge in [0.1, 0.15) is 5.75 Å². The highest BCUT2D eigenvalue weighted by Gasteiger charge is 2.45. The van der Waals surface area contributed by atoms with E-state index in [0.29, 0.717) is 12.8 Å². The number of hydrogen-bond acceptors (Lipinski definition) is 3. The fraction of sp³-hybridized carbons (Fsp3) is 0.263. The first kappa shape index (κ1) is 16.1. The number of amides is 1. The van der Waals surface area contributed by atoms with Gasteiger partial charge in [-0.25, -0.2) is 0 Å². The quantitative estimate of drug-likeness (QED) is 0.787. The number of fused-ring (bicyclic) bond motifs is 1. The second kappa shape index (κ2) is 6.35. The van der Waals surface area contributed by atoms with Gasteiger partial charge in [0.05, 0.1) is 11.8 Å². The summed E-state index contributed by atoms with van der Waals surface area (Å²) in [5, 5.41) is 21.6. The third kappa shape index (κ3) is 3.25. The number of nitrogens with one attached hydrogen (secondary N) is 1. The SMILES string of the molecule is O=C(O)CC1(C(=O)NCc2cccc(O)c2)Cc2ccccc2C1. The van der Waals surface area contributed by atoms with Crippen molar-refractivity contribution in [3.8, 4) is 5.75 Å². The van der Waals surface area contributed by atoms with Crippen LogP contribution in [-0.4, -0.2) is 22.1 Å². The van der Waals surface area contributed by atoms with E-state index in [0.717, 1.165) is 16.7 Å². The summed E-state index contributed by atoms with van der Waals surface area (Å²) < 4.78 is 0. The fourth-order valence-corrected chi connectivity index (χ4v) is 3.39. The number of phenols is 1. The lowest BCUT2D eigenvalue weighted by Crippen LogP contribution is -2.43. The molecule has 0 spiro atoms. The largest absolute Gasteiger partial charge is 0.508 e. The Morgan fingerprint density at radius 3 is 2.29 bits per heavy atom. The van der Waals surface area contributed by atoms with Crippen molar-refractivity contribution >= 4 is 11.9 Å². The fourth-order valence-electron chi connectivity index (χ4n) is 3.39. The van der Waals surface area contributed by atoms with E-state index in [1.54, 1.807) is 24.3 Å². The average Bonchev–Trinajstić information content (AvgIpc) is 2.91. The van der Waals surface area contributed by atoms with Crippen LogP contribution in [0, 0.1) is 5.41 Å². The zero-order valence-electron chi connectivity index (χ0n) is 13.2. The van der Waals surface area contributed by atoms with Gasteiger partial charge in [-0.15, -0.1) is 0 Å². The van der Waals surface area contributed by atoms with Crippen LogP contribution in [0.2, 0.25) is 0 Å². The number of phenolic OH excluding ortho intramolecular Hbond substituents is 1. The summed E-state index contributed by atoms with van der Waals surface area (Å²) in [4.78, 5) is 24.1. The van der Waals surface area contributed by atoms with Crippen molar-refractivity contribution in [3.05, 3.63) is 65.2 Å². The Labute approximate surface area is 139 Å². The summed E-state index contributed by atoms with van der Waals surface area (Å²) >= 11 is 0. The Bertz CT molecular complexity index is 759. The normalized spacial score (nSPS) is 14.8. The highest BCUT2D eigenvalue weighted by Crippen LogP contribution is 2.40. The van der Waals surface area contributed by atoms with Crippen LogP contribution in [0.4, 0.5) is 0 Å². The number of carboxylic acids is 1. The number of carbonyl (C=O) groups excluding carboxylic acids is 1. The van der Waals surface area contributed by atoms with Gasteiger partial charge in [-0.1, -0.05) is 36.4 Å². The lowest BCUT2D eigenvalue weighted by molar-refractivity contribution is -0.145. The van der Waals surface area contributed by atoms with Crippen molar-refractivity contribution < 1.29 is 19.8 Å². The van der Waals surface area contributed by atoms with Crippen molar-refractivity contribution in [1.82, 2.24) is 5.32 Å². The van der Waals surface area contributed by atoms with E-state index >= 15 is 0 Å². The van der Waals surface area contributed by atoms with Crippen LogP contribution in [0.25, 0.3) is 0 Å². The van der Waals surface area contributed by atoms with Crippen molar-refractivity contribution in [2.75, 3.05) is 0 Å². The Morgan fingerprint density at radius 2 is 1.71 bits per heavy atom. The predicted octanol–water partition coefficient (Wildman–Crippen LogP) is 2.27. The van der Waals surface area contributed by atoms with Gasteiger partial charge < -0.3 is 15.5 Å². The molecule has 0 bridgehead atoms. The molecule has 5 heteroatoms. The van der Waals surface area contributed by atoms with Crippen LogP contribution >= 0.6 is 0 Å². The zero-order valence-corrected chi connectivity index (χ0v) is 13.2. The zero-order chi connectivity index (χ0) is 17.2. The monoisotopic (exact) mass is 325 g/mol. The Balaban J connectivity index is 1.77. The van der Waals surface area contributed by atoms with Crippen molar-refractivity contribution in [1.29, 1.82) is 0 Å². The molecule has 0 saturated heterocycles. The third-order valence-corrected chi connectivity index (χ3v) is 4.51. The Kier molecular flexibility index (Phi) is 4.25. The highest BCUT2D eigenvalue weighted by molar-refractivity contribution is 5.88. The number of carboxylic acid groups (broad SMARTS) is 1. The van der Waals surface area contributed by atoms with E-state index in [9.17, 15) is 19.8 Å². The number of carbonyl (C=O) groups is 2. The second-order valence-corrected chi connectivity index (χ2v) is 6.33. The minimum Gasteiger partial charge on any atom is -0.508 e. The first-order chi connectivity index (χ1) is 11.5. The van der Waals surface area contributed by atoms with Gasteiger partial charge >= 0.3 is 5.97 Å². The summed E-state index contributed by atoms with van der Waals surface area (Å²) in [6.07, 6.45) is 0.663. The molecule has 0 unspecified atom stereocenters. The summed E-state index contributed by atoms with van der Waals surface area (Å²) in [6, 6.07) is 14.3. The maximum atomic E-state index is 12.8. The molecular weight excluding hydrogens is 306 g/mol. The molecule has 2 aromatic rings. The smallest absolute Gasteiger partial charge is 0.304 e. The summed E-state index contributed by atoms with van der Waals surface area (Å²) in [6.45, 7) is 0.255. The van der Waals surface area contributed by atoms with E-state index in [4.69, 9.17) is 0 Å². The molecule has 2 aromatic carbocycles. The standard InChI is InChI=1S/C19H19NO4/c21-16-7-3-4-13(8-16)12-20-18(24)19(11-17(22)23)9-14-5-1-2-6-15(14)10-19/h1-8,21H,9-12H2,(H,20,24)(H,22,23). The van der Waals surface area contributed by atoms with Crippen molar-refractivity contribution in [2.45, 2.75) is 25.8 Å². The lowest BCUT2D eigenvalue weighted by Gasteiger charge is -2.26. The van der Waals surface area contributed by atoms with E-state index in [1.165, 1.54) is 0 Å². The molecule has 0 aromatic heterocycles. The van der Waals surface area contributed by atoms with E-state index in [-0.39, 0.29) is 24.6 Å². The molecule has 0 saturated carbocycles. The van der Waals surface area contributed by atoms with E-state index in [2.05, 4.69) is 5.32 Å². The molecule has 3 rings (SSSR count). The molecule has 0 atom stereocenters. The van der Waals surface area contributed by atoms with Gasteiger partial charge in [-0.3, -0.25) is 9.59 Å². The minimum atomic E-state index is -0.977. The van der Waals surface area contributed by atoms with E-state index < -0.39 is 11.4 Å². The molecular formula is C19H19NO4. The predicted molar refractivity (Wildman–Crippen MR) is 88.5 cm³/mol. The topological polar surface area (TPSA) is 86.6 Å². The Morgan fingerprint density at radius 1 is 1.04 bits per heavy atom. The number of hydrogen-bond donors (Lipinski definition) is 3. The van der Waals surface area contributed by atoms with E-state index in [1.807, 2.05) is 24.3 Å². The van der Waals surface area contributed by atoms with Crippen molar-refractivity contribution in [3.63, 3.8) is 0 Å². The molecule has 124 valence electrons. The maximum absolute atomic E-state index is 12.8. The molecule has 1 amide bonds. The molecule has 1 aliphatic carbocycles. The molecule has 1 aliphatic rings. The number of aromatic hydroxyl groups is 1. The summed E-state index contributed by atoms with van der Waals surface area (Å²) in [5.41, 5.74) is 1.88. The average molecular weight is 325 g/mol. The summed E-state index contributed by atoms with van der Waals surface area (Å²) in [5.74, 6) is -1.10. The number of benzene rings is 2. The first-order valence-corrected chi connectivity index (χ1v) is 7.83. The summed E-state index contributed by atoms with van der Waals surface area (Å²) in [7, 11) is 0. The van der Waals surface area contributed by atoms with Gasteiger partial charge in [0.25, 0.3) is 0 Å². The van der Waals surface area contributed by atoms with Crippen LogP contribution in [0.1, 0.15) is 23.1 Å². The lowest BCUT2D eigenvalue weighted by atomic mass is 9.80. The molecule has 3 N–H and O–H groups in total. The minimum absolute atomic E-state index is 0.135. The molecule has 0 fully saturated rings. The van der Waals surface area contributed by atoms with Crippen LogP contribution in [-0.2, 0) is 29.0 Å². The van der Waals surface area contributed by atoms with Crippen LogP contribution in [0.3, 0.4) is 0 Å². The van der Waals surface area contributed by atoms with Gasteiger partial charge in [0.2, 0.25) is 5.91 Å². The van der Waals surface area contributed by atoms with Crippen molar-refractivity contribution in [2.24, 2.45) is 5.41 Å². The van der Waals surface area contributed by atoms with Crippen LogP contribution < -0.4 is 5.32 Å². The molecule has 24 heavy (non-hydrogen) atoms. The Hall–Kier alpha value is -2.82. The van der Waals surface area contributed by atoms with Gasteiger partial charge in [0.15, 0.2) is 0 Å². The maximum Gasteiger partial charge on any atom is 0.304 e. The molecule has 0 aliphatic heterocycles. The number of aliphatic carboxylic acids is 1. The highest BCUT2D eigenvalue weighted by atomic mass is 16.4. The molecule has 0 heterocycles. The second-order valence-electron chi connectivity index (χ2n) is 6.33. The van der Waals surface area contributed by atoms with Gasteiger partial charge in [-0.05, 0) is 41.7 Å². The molecule has 5 nitrogen and oxygen atoms in total. The van der Waals surface area contributed by atoms with Crippen LogP contribution in [0.5, 0.6) is 5.75 Å². The van der Waals surface area contributed by atoms with Crippen LogP contribution in [0.15, 0.2) is 48.5 Å². The molecule has 0 radical (unpaired) electrons. The van der Waals surface area contributed by atoms with Gasteiger partial charge in [0, 0.05) is 6.54 Å². The third-order valence-electron chi connectivity index (χ3n) is 4.51. The number of rotatable bonds is 5. The van der Waals surface area contributed by atoms with Gasteiger partial charge in [-0.2, -0.15) is 0 Å².